The van der Waals surface area contributed by atoms with Crippen molar-refractivity contribution in [1.29, 1.82) is 0 Å². The summed E-state index contributed by atoms with van der Waals surface area (Å²) in [6.07, 6.45) is 0.998. The quantitative estimate of drug-likeness (QED) is 0.725. The Morgan fingerprint density at radius 2 is 1.47 bits per heavy atom. The van der Waals surface area contributed by atoms with Gasteiger partial charge in [0.1, 0.15) is 11.5 Å². The Hall–Kier alpha value is -1.76. The largest absolute Gasteiger partial charge is 0.496 e. The van der Waals surface area contributed by atoms with Crippen LogP contribution in [0.1, 0.15) is 10.4 Å². The van der Waals surface area contributed by atoms with E-state index in [1.807, 2.05) is 0 Å². The molecule has 1 rings (SSSR count). The zero-order valence-electron chi connectivity index (χ0n) is 11.2. The number of methoxy groups -OCH3 is 3. The van der Waals surface area contributed by atoms with Crippen LogP contribution in [0.25, 0.3) is 0 Å². The zero-order valence-corrected chi connectivity index (χ0v) is 12.0. The third-order valence-electron chi connectivity index (χ3n) is 2.40. The molecule has 6 nitrogen and oxygen atoms in total. The van der Waals surface area contributed by atoms with E-state index in [-0.39, 0.29) is 11.3 Å². The van der Waals surface area contributed by atoms with Gasteiger partial charge in [-0.15, -0.1) is 0 Å². The molecule has 19 heavy (non-hydrogen) atoms. The van der Waals surface area contributed by atoms with Crippen molar-refractivity contribution in [2.45, 2.75) is 0 Å². The summed E-state index contributed by atoms with van der Waals surface area (Å²) in [5.74, 6) is -0.166. The smallest absolute Gasteiger partial charge is 0.181 e. The average Bonchev–Trinajstić information content (AvgIpc) is 2.34. The third kappa shape index (κ3) is 3.85. The first-order valence-electron chi connectivity index (χ1n) is 5.33. The highest BCUT2D eigenvalue weighted by Crippen LogP contribution is 2.34. The lowest BCUT2D eigenvalue weighted by molar-refractivity contribution is 0.101. The average molecular weight is 288 g/mol. The van der Waals surface area contributed by atoms with Crippen molar-refractivity contribution in [2.75, 3.05) is 33.3 Å². The number of carbonyl (C=O) groups is 1. The van der Waals surface area contributed by atoms with Crippen LogP contribution in [-0.4, -0.2) is 47.5 Å². The predicted octanol–water partition coefficient (Wildman–Crippen LogP) is 0.940. The number of hydrogen-bond donors (Lipinski definition) is 0. The summed E-state index contributed by atoms with van der Waals surface area (Å²) in [5, 5.41) is 0. The number of sulfone groups is 1. The minimum atomic E-state index is -3.41. The van der Waals surface area contributed by atoms with Crippen molar-refractivity contribution in [3.63, 3.8) is 0 Å². The second-order valence-corrected chi connectivity index (χ2v) is 6.04. The molecule has 0 aliphatic heterocycles. The van der Waals surface area contributed by atoms with Crippen molar-refractivity contribution in [3.05, 3.63) is 17.7 Å². The maximum absolute atomic E-state index is 12.0. The molecule has 0 fully saturated rings. The van der Waals surface area contributed by atoms with Crippen molar-refractivity contribution in [3.8, 4) is 17.2 Å². The maximum atomic E-state index is 12.0. The van der Waals surface area contributed by atoms with E-state index in [0.717, 1.165) is 6.26 Å². The summed E-state index contributed by atoms with van der Waals surface area (Å²) in [6, 6.07) is 2.89. The van der Waals surface area contributed by atoms with Crippen molar-refractivity contribution >= 4 is 15.6 Å². The minimum absolute atomic E-state index is 0.144. The van der Waals surface area contributed by atoms with Crippen LogP contribution in [0.15, 0.2) is 12.1 Å². The Bertz CT molecular complexity index is 576. The lowest BCUT2D eigenvalue weighted by atomic mass is 10.1. The molecule has 0 radical (unpaired) electrons. The molecule has 0 spiro atoms. The van der Waals surface area contributed by atoms with Crippen LogP contribution in [0.3, 0.4) is 0 Å². The summed E-state index contributed by atoms with van der Waals surface area (Å²) in [6.45, 7) is 0. The Kier molecular flexibility index (Phi) is 4.77. The van der Waals surface area contributed by atoms with E-state index in [0.29, 0.717) is 11.5 Å². The van der Waals surface area contributed by atoms with Gasteiger partial charge < -0.3 is 14.2 Å². The molecule has 7 heteroatoms. The number of Topliss-reactive ketones (excluding diaryl/α,β-unsaturated/α-hetero) is 1. The van der Waals surface area contributed by atoms with Gasteiger partial charge in [0.15, 0.2) is 27.1 Å². The van der Waals surface area contributed by atoms with E-state index in [4.69, 9.17) is 14.2 Å². The molecule has 1 aromatic rings. The van der Waals surface area contributed by atoms with Crippen molar-refractivity contribution < 1.29 is 27.4 Å². The first-order chi connectivity index (χ1) is 8.82. The highest BCUT2D eigenvalue weighted by atomic mass is 32.2. The molecule has 0 unspecified atom stereocenters. The second kappa shape index (κ2) is 5.92. The zero-order chi connectivity index (χ0) is 14.6. The van der Waals surface area contributed by atoms with Crippen LogP contribution in [0, 0.1) is 0 Å². The molecule has 0 bridgehead atoms. The van der Waals surface area contributed by atoms with Crippen LogP contribution in [0.5, 0.6) is 17.2 Å². The van der Waals surface area contributed by atoms with Crippen LogP contribution in [0.2, 0.25) is 0 Å². The number of ether oxygens (including phenoxy) is 3. The fourth-order valence-corrected chi connectivity index (χ4v) is 2.19. The van der Waals surface area contributed by atoms with E-state index in [9.17, 15) is 13.2 Å². The van der Waals surface area contributed by atoms with Crippen LogP contribution < -0.4 is 14.2 Å². The van der Waals surface area contributed by atoms with Crippen LogP contribution in [-0.2, 0) is 9.84 Å². The molecule has 1 aromatic carbocycles. The van der Waals surface area contributed by atoms with Gasteiger partial charge in [0.25, 0.3) is 0 Å². The molecule has 0 aliphatic carbocycles. The third-order valence-corrected chi connectivity index (χ3v) is 3.19. The van der Waals surface area contributed by atoms with E-state index >= 15 is 0 Å². The normalized spacial score (nSPS) is 10.9. The van der Waals surface area contributed by atoms with Gasteiger partial charge in [-0.3, -0.25) is 4.79 Å². The molecule has 106 valence electrons. The minimum Gasteiger partial charge on any atom is -0.496 e. The highest BCUT2D eigenvalue weighted by Gasteiger charge is 2.20. The van der Waals surface area contributed by atoms with Gasteiger partial charge in [-0.05, 0) is 6.07 Å². The maximum Gasteiger partial charge on any atom is 0.181 e. The highest BCUT2D eigenvalue weighted by molar-refractivity contribution is 7.91. The van der Waals surface area contributed by atoms with E-state index < -0.39 is 21.4 Å². The van der Waals surface area contributed by atoms with Gasteiger partial charge in [-0.25, -0.2) is 8.42 Å². The molecular weight excluding hydrogens is 272 g/mol. The van der Waals surface area contributed by atoms with Gasteiger partial charge >= 0.3 is 0 Å². The molecule has 0 atom stereocenters. The summed E-state index contributed by atoms with van der Waals surface area (Å²) < 4.78 is 37.6. The van der Waals surface area contributed by atoms with Crippen LogP contribution >= 0.6 is 0 Å². The lowest BCUT2D eigenvalue weighted by Crippen LogP contribution is -2.15. The summed E-state index contributed by atoms with van der Waals surface area (Å²) >= 11 is 0. The molecule has 0 amide bonds. The summed E-state index contributed by atoms with van der Waals surface area (Å²) in [5.41, 5.74) is 0.144. The Morgan fingerprint density at radius 3 is 1.89 bits per heavy atom. The second-order valence-electron chi connectivity index (χ2n) is 3.90. The van der Waals surface area contributed by atoms with E-state index in [1.54, 1.807) is 0 Å². The fourth-order valence-electron chi connectivity index (χ4n) is 1.56. The molecule has 0 N–H and O–H groups in total. The van der Waals surface area contributed by atoms with Crippen molar-refractivity contribution in [1.82, 2.24) is 0 Å². The molecule has 0 heterocycles. The Morgan fingerprint density at radius 1 is 1.00 bits per heavy atom. The number of benzene rings is 1. The predicted molar refractivity (Wildman–Crippen MR) is 70.1 cm³/mol. The van der Waals surface area contributed by atoms with Crippen molar-refractivity contribution in [2.24, 2.45) is 0 Å². The summed E-state index contributed by atoms with van der Waals surface area (Å²) in [7, 11) is 0.858. The number of carbonyl (C=O) groups excluding carboxylic acids is 1. The Balaban J connectivity index is 3.29. The van der Waals surface area contributed by atoms with Gasteiger partial charge in [0.05, 0.1) is 26.9 Å². The van der Waals surface area contributed by atoms with Gasteiger partial charge in [0.2, 0.25) is 0 Å². The molecule has 0 saturated carbocycles. The number of ketones is 1. The van der Waals surface area contributed by atoms with Gasteiger partial charge in [-0.1, -0.05) is 0 Å². The standard InChI is InChI=1S/C12H16O6S/c1-16-10-6-12(18-3)11(17-2)5-8(10)9(13)7-19(4,14)15/h5-6H,7H2,1-4H3. The molecule has 0 aliphatic rings. The monoisotopic (exact) mass is 288 g/mol. The first-order valence-corrected chi connectivity index (χ1v) is 7.39. The fraction of sp³-hybridized carbons (Fsp3) is 0.417. The molecule has 0 aromatic heterocycles. The lowest BCUT2D eigenvalue weighted by Gasteiger charge is -2.13. The SMILES string of the molecule is COc1cc(OC)c(C(=O)CS(C)(=O)=O)cc1OC. The van der Waals surface area contributed by atoms with Gasteiger partial charge in [0, 0.05) is 12.3 Å². The number of rotatable bonds is 6. The van der Waals surface area contributed by atoms with E-state index in [2.05, 4.69) is 0 Å². The molecule has 0 saturated heterocycles. The van der Waals surface area contributed by atoms with Gasteiger partial charge in [-0.2, -0.15) is 0 Å². The number of hydrogen-bond acceptors (Lipinski definition) is 6. The first kappa shape index (κ1) is 15.3. The summed E-state index contributed by atoms with van der Waals surface area (Å²) in [4.78, 5) is 12.0. The van der Waals surface area contributed by atoms with E-state index in [1.165, 1.54) is 33.5 Å². The van der Waals surface area contributed by atoms with Crippen LogP contribution in [0.4, 0.5) is 0 Å². The topological polar surface area (TPSA) is 78.9 Å². The molecular formula is C12H16O6S. The Labute approximate surface area is 112 Å².